The molecule has 1 fully saturated rings. The largest absolute Gasteiger partial charge is 0.368 e. The van der Waals surface area contributed by atoms with Crippen molar-refractivity contribution in [2.24, 2.45) is 0 Å². The monoisotopic (exact) mass is 287 g/mol. The van der Waals surface area contributed by atoms with Gasteiger partial charge in [0.25, 0.3) is 0 Å². The van der Waals surface area contributed by atoms with Crippen molar-refractivity contribution in [2.75, 3.05) is 29.5 Å². The standard InChI is InChI=1S/C12H14ClNO3S/c1-9(15)10-2-3-12(11(13)8-10)14-4-6-18(16,17)7-5-14/h2-3,8H,4-7H2,1H3. The van der Waals surface area contributed by atoms with Gasteiger partial charge in [0.05, 0.1) is 22.2 Å². The van der Waals surface area contributed by atoms with Gasteiger partial charge in [0.2, 0.25) is 0 Å². The highest BCUT2D eigenvalue weighted by Crippen LogP contribution is 2.28. The van der Waals surface area contributed by atoms with E-state index in [-0.39, 0.29) is 17.3 Å². The van der Waals surface area contributed by atoms with Crippen LogP contribution in [0.3, 0.4) is 0 Å². The van der Waals surface area contributed by atoms with Crippen LogP contribution in [0.5, 0.6) is 0 Å². The van der Waals surface area contributed by atoms with E-state index in [1.807, 2.05) is 4.90 Å². The molecular weight excluding hydrogens is 274 g/mol. The molecule has 0 amide bonds. The van der Waals surface area contributed by atoms with Gasteiger partial charge in [0, 0.05) is 18.7 Å². The Morgan fingerprint density at radius 3 is 2.39 bits per heavy atom. The third kappa shape index (κ3) is 2.84. The predicted molar refractivity (Wildman–Crippen MR) is 72.3 cm³/mol. The molecule has 0 aliphatic carbocycles. The van der Waals surface area contributed by atoms with Crippen LogP contribution in [0.1, 0.15) is 17.3 Å². The van der Waals surface area contributed by atoms with E-state index in [9.17, 15) is 13.2 Å². The predicted octanol–water partition coefficient (Wildman–Crippen LogP) is 1.78. The molecule has 0 aromatic heterocycles. The minimum atomic E-state index is -2.90. The molecule has 1 saturated heterocycles. The minimum Gasteiger partial charge on any atom is -0.368 e. The second-order valence-corrected chi connectivity index (χ2v) is 7.07. The zero-order valence-corrected chi connectivity index (χ0v) is 11.6. The van der Waals surface area contributed by atoms with Crippen molar-refractivity contribution in [1.82, 2.24) is 0 Å². The van der Waals surface area contributed by atoms with Crippen LogP contribution >= 0.6 is 11.6 Å². The molecule has 6 heteroatoms. The number of rotatable bonds is 2. The topological polar surface area (TPSA) is 54.5 Å². The molecule has 1 aliphatic heterocycles. The van der Waals surface area contributed by atoms with Crippen molar-refractivity contribution >= 4 is 32.9 Å². The fraction of sp³-hybridized carbons (Fsp3) is 0.417. The Kier molecular flexibility index (Phi) is 3.64. The Bertz CT molecular complexity index is 569. The van der Waals surface area contributed by atoms with E-state index in [1.54, 1.807) is 18.2 Å². The number of ketones is 1. The summed E-state index contributed by atoms with van der Waals surface area (Å²) in [5, 5.41) is 0.488. The van der Waals surface area contributed by atoms with Crippen LogP contribution < -0.4 is 4.90 Å². The number of hydrogen-bond acceptors (Lipinski definition) is 4. The SMILES string of the molecule is CC(=O)c1ccc(N2CCS(=O)(=O)CC2)c(Cl)c1. The third-order valence-electron chi connectivity index (χ3n) is 3.04. The molecule has 0 saturated carbocycles. The van der Waals surface area contributed by atoms with Gasteiger partial charge >= 0.3 is 0 Å². The van der Waals surface area contributed by atoms with Crippen LogP contribution in [0.25, 0.3) is 0 Å². The van der Waals surface area contributed by atoms with E-state index in [2.05, 4.69) is 0 Å². The Labute approximate surface area is 111 Å². The highest BCUT2D eigenvalue weighted by molar-refractivity contribution is 7.91. The van der Waals surface area contributed by atoms with Crippen molar-refractivity contribution in [1.29, 1.82) is 0 Å². The Morgan fingerprint density at radius 2 is 1.89 bits per heavy atom. The van der Waals surface area contributed by atoms with E-state index < -0.39 is 9.84 Å². The highest BCUT2D eigenvalue weighted by atomic mass is 35.5. The van der Waals surface area contributed by atoms with Gasteiger partial charge < -0.3 is 4.90 Å². The van der Waals surface area contributed by atoms with Crippen molar-refractivity contribution in [3.05, 3.63) is 28.8 Å². The first-order valence-corrected chi connectivity index (χ1v) is 7.85. The summed E-state index contributed by atoms with van der Waals surface area (Å²) in [4.78, 5) is 13.2. The van der Waals surface area contributed by atoms with Crippen molar-refractivity contribution in [3.63, 3.8) is 0 Å². The van der Waals surface area contributed by atoms with Gasteiger partial charge in [-0.05, 0) is 25.1 Å². The second kappa shape index (κ2) is 4.90. The molecule has 0 bridgehead atoms. The zero-order valence-electron chi connectivity index (χ0n) is 10.0. The molecule has 0 N–H and O–H groups in total. The van der Waals surface area contributed by atoms with E-state index in [0.29, 0.717) is 23.7 Å². The fourth-order valence-corrected chi connectivity index (χ4v) is 3.44. The van der Waals surface area contributed by atoms with Gasteiger partial charge in [-0.1, -0.05) is 11.6 Å². The molecule has 0 atom stereocenters. The van der Waals surface area contributed by atoms with Crippen LogP contribution in [-0.2, 0) is 9.84 Å². The van der Waals surface area contributed by atoms with E-state index in [1.165, 1.54) is 6.92 Å². The average Bonchev–Trinajstić information content (AvgIpc) is 2.29. The maximum Gasteiger partial charge on any atom is 0.159 e. The normalized spacial score (nSPS) is 18.7. The lowest BCUT2D eigenvalue weighted by Gasteiger charge is -2.29. The number of nitrogens with zero attached hydrogens (tertiary/aromatic N) is 1. The lowest BCUT2D eigenvalue weighted by atomic mass is 10.1. The Balaban J connectivity index is 2.22. The van der Waals surface area contributed by atoms with Gasteiger partial charge in [-0.15, -0.1) is 0 Å². The number of hydrogen-bond donors (Lipinski definition) is 0. The maximum atomic E-state index is 11.4. The number of sulfone groups is 1. The van der Waals surface area contributed by atoms with Gasteiger partial charge in [0.15, 0.2) is 15.6 Å². The average molecular weight is 288 g/mol. The second-order valence-electron chi connectivity index (χ2n) is 4.36. The summed E-state index contributed by atoms with van der Waals surface area (Å²) in [6.07, 6.45) is 0. The first-order chi connectivity index (χ1) is 8.39. The summed E-state index contributed by atoms with van der Waals surface area (Å²) in [5.41, 5.74) is 1.35. The van der Waals surface area contributed by atoms with Crippen LogP contribution in [0.4, 0.5) is 5.69 Å². The lowest BCUT2D eigenvalue weighted by molar-refractivity contribution is 0.101. The number of benzene rings is 1. The van der Waals surface area contributed by atoms with Crippen LogP contribution in [0.2, 0.25) is 5.02 Å². The summed E-state index contributed by atoms with van der Waals surface area (Å²) < 4.78 is 22.7. The molecule has 1 heterocycles. The van der Waals surface area contributed by atoms with E-state index in [4.69, 9.17) is 11.6 Å². The number of anilines is 1. The summed E-state index contributed by atoms with van der Waals surface area (Å²) >= 11 is 6.13. The number of carbonyl (C=O) groups excluding carboxylic acids is 1. The summed E-state index contributed by atoms with van der Waals surface area (Å²) in [6, 6.07) is 5.12. The highest BCUT2D eigenvalue weighted by Gasteiger charge is 2.23. The van der Waals surface area contributed by atoms with Crippen LogP contribution in [0.15, 0.2) is 18.2 Å². The molecule has 0 unspecified atom stereocenters. The Hall–Kier alpha value is -1.07. The lowest BCUT2D eigenvalue weighted by Crippen LogP contribution is -2.40. The number of Topliss-reactive ketones (excluding diaryl/α,β-unsaturated/α-hetero) is 1. The maximum absolute atomic E-state index is 11.4. The third-order valence-corrected chi connectivity index (χ3v) is 4.95. The number of halogens is 1. The van der Waals surface area contributed by atoms with Crippen molar-refractivity contribution < 1.29 is 13.2 Å². The van der Waals surface area contributed by atoms with Crippen LogP contribution in [0, 0.1) is 0 Å². The minimum absolute atomic E-state index is 0.0373. The molecule has 4 nitrogen and oxygen atoms in total. The zero-order chi connectivity index (χ0) is 13.3. The van der Waals surface area contributed by atoms with Gasteiger partial charge in [-0.25, -0.2) is 8.42 Å². The first-order valence-electron chi connectivity index (χ1n) is 5.65. The fourth-order valence-electron chi connectivity index (χ4n) is 1.94. The van der Waals surface area contributed by atoms with Gasteiger partial charge in [-0.3, -0.25) is 4.79 Å². The first kappa shape index (κ1) is 13.4. The molecule has 1 aliphatic rings. The molecule has 0 spiro atoms. The quantitative estimate of drug-likeness (QED) is 0.778. The molecule has 2 rings (SSSR count). The summed E-state index contributed by atoms with van der Waals surface area (Å²) in [5.74, 6) is 0.264. The smallest absolute Gasteiger partial charge is 0.159 e. The van der Waals surface area contributed by atoms with Gasteiger partial charge in [-0.2, -0.15) is 0 Å². The van der Waals surface area contributed by atoms with Crippen molar-refractivity contribution in [2.45, 2.75) is 6.92 Å². The molecule has 1 aromatic carbocycles. The van der Waals surface area contributed by atoms with Gasteiger partial charge in [0.1, 0.15) is 0 Å². The Morgan fingerprint density at radius 1 is 1.28 bits per heavy atom. The van der Waals surface area contributed by atoms with E-state index in [0.717, 1.165) is 5.69 Å². The van der Waals surface area contributed by atoms with Crippen LogP contribution in [-0.4, -0.2) is 38.8 Å². The molecular formula is C12H14ClNO3S. The molecule has 0 radical (unpaired) electrons. The summed E-state index contributed by atoms with van der Waals surface area (Å²) in [7, 11) is -2.90. The molecule has 98 valence electrons. The number of carbonyl (C=O) groups is 1. The molecule has 18 heavy (non-hydrogen) atoms. The summed E-state index contributed by atoms with van der Waals surface area (Å²) in [6.45, 7) is 2.38. The van der Waals surface area contributed by atoms with Crippen molar-refractivity contribution in [3.8, 4) is 0 Å². The van der Waals surface area contributed by atoms with E-state index >= 15 is 0 Å². The molecule has 1 aromatic rings.